The van der Waals surface area contributed by atoms with Crippen molar-refractivity contribution in [1.29, 1.82) is 0 Å². The highest BCUT2D eigenvalue weighted by Gasteiger charge is 2.23. The number of allylic oxidation sites excluding steroid dienone is 1. The van der Waals surface area contributed by atoms with Gasteiger partial charge in [0.2, 0.25) is 5.91 Å². The smallest absolute Gasteiger partial charge is 0.234 e. The van der Waals surface area contributed by atoms with Gasteiger partial charge in [-0.1, -0.05) is 44.5 Å². The summed E-state index contributed by atoms with van der Waals surface area (Å²) in [5, 5.41) is 12.6. The van der Waals surface area contributed by atoms with Gasteiger partial charge in [-0.2, -0.15) is 0 Å². The Bertz CT molecular complexity index is 754. The van der Waals surface area contributed by atoms with Crippen molar-refractivity contribution in [2.45, 2.75) is 71.0 Å². The normalized spacial score (nSPS) is 14.6. The van der Waals surface area contributed by atoms with Crippen molar-refractivity contribution >= 4 is 23.4 Å². The van der Waals surface area contributed by atoms with Gasteiger partial charge in [-0.15, -0.1) is 16.8 Å². The van der Waals surface area contributed by atoms with E-state index in [9.17, 15) is 4.79 Å². The van der Waals surface area contributed by atoms with Gasteiger partial charge in [-0.3, -0.25) is 4.79 Å². The molecule has 27 heavy (non-hydrogen) atoms. The van der Waals surface area contributed by atoms with E-state index in [1.165, 1.54) is 43.9 Å². The molecule has 2 N–H and O–H groups in total. The van der Waals surface area contributed by atoms with Crippen LogP contribution in [0.15, 0.2) is 24.0 Å². The number of hydrogen-bond acceptors (Lipinski definition) is 4. The number of thioether (sulfide) groups is 1. The number of nitrogens with one attached hydrogen (secondary N) is 2. The molecule has 0 aliphatic heterocycles. The van der Waals surface area contributed by atoms with Crippen molar-refractivity contribution in [3.63, 3.8) is 0 Å². The molecule has 0 spiro atoms. The molecule has 0 atom stereocenters. The van der Waals surface area contributed by atoms with E-state index in [4.69, 9.17) is 0 Å². The number of nitrogens with zero attached hydrogens (tertiary/aromatic N) is 3. The van der Waals surface area contributed by atoms with Crippen molar-refractivity contribution in [3.8, 4) is 0 Å². The molecule has 6 nitrogen and oxygen atoms in total. The molecular weight excluding hydrogens is 358 g/mol. The zero-order chi connectivity index (χ0) is 18.5. The Kier molecular flexibility index (Phi) is 7.71. The molecule has 0 saturated heterocycles. The van der Waals surface area contributed by atoms with Gasteiger partial charge in [0.15, 0.2) is 5.16 Å². The highest BCUT2D eigenvalue weighted by molar-refractivity contribution is 7.99. The van der Waals surface area contributed by atoms with Gasteiger partial charge in [-0.25, -0.2) is 0 Å². The van der Waals surface area contributed by atoms with Crippen LogP contribution in [0.3, 0.4) is 0 Å². The minimum atomic E-state index is -0.0341. The lowest BCUT2D eigenvalue weighted by Crippen LogP contribution is -2.16. The maximum Gasteiger partial charge on any atom is 0.234 e. The fraction of sp³-hybridized carbons (Fsp3) is 0.550. The number of anilines is 1. The van der Waals surface area contributed by atoms with E-state index in [2.05, 4.69) is 31.6 Å². The Morgan fingerprint density at radius 2 is 2.11 bits per heavy atom. The van der Waals surface area contributed by atoms with E-state index in [0.29, 0.717) is 18.2 Å². The summed E-state index contributed by atoms with van der Waals surface area (Å²) in [6.07, 6.45) is 9.93. The first kappa shape index (κ1) is 21.3. The van der Waals surface area contributed by atoms with E-state index >= 15 is 0 Å². The molecule has 148 valence electrons. The second-order valence-electron chi connectivity index (χ2n) is 6.88. The number of hydrogen-bond donors (Lipinski definition) is 2. The zero-order valence-corrected chi connectivity index (χ0v) is 16.4. The monoisotopic (exact) mass is 389 g/mol. The predicted molar refractivity (Wildman–Crippen MR) is 112 cm³/mol. The van der Waals surface area contributed by atoms with Crippen LogP contribution in [-0.4, -0.2) is 31.4 Å². The highest BCUT2D eigenvalue weighted by atomic mass is 32.2. The van der Waals surface area contributed by atoms with Crippen LogP contribution in [0.5, 0.6) is 0 Å². The lowest BCUT2D eigenvalue weighted by Gasteiger charge is -2.21. The Balaban J connectivity index is 0.00000261. The molecule has 2 aromatic heterocycles. The van der Waals surface area contributed by atoms with Crippen LogP contribution in [0.2, 0.25) is 0 Å². The lowest BCUT2D eigenvalue weighted by atomic mass is 9.89. The summed E-state index contributed by atoms with van der Waals surface area (Å²) in [6, 6.07) is 0. The van der Waals surface area contributed by atoms with Crippen LogP contribution in [0.1, 0.15) is 62.5 Å². The number of H-pyrrole nitrogens is 1. The van der Waals surface area contributed by atoms with Crippen LogP contribution in [0.4, 0.5) is 5.69 Å². The van der Waals surface area contributed by atoms with Gasteiger partial charge < -0.3 is 14.9 Å². The molecule has 7 heteroatoms. The third kappa shape index (κ3) is 5.03. The molecule has 0 bridgehead atoms. The summed E-state index contributed by atoms with van der Waals surface area (Å²) in [7, 11) is 0. The molecule has 1 saturated carbocycles. The van der Waals surface area contributed by atoms with Gasteiger partial charge >= 0.3 is 0 Å². The lowest BCUT2D eigenvalue weighted by molar-refractivity contribution is -0.113. The van der Waals surface area contributed by atoms with Crippen LogP contribution >= 0.6 is 11.8 Å². The molecular formula is C20H31N5OS. The summed E-state index contributed by atoms with van der Waals surface area (Å²) >= 11 is 1.43. The molecule has 1 aliphatic rings. The first-order chi connectivity index (χ1) is 12.6. The maximum atomic E-state index is 12.3. The van der Waals surface area contributed by atoms with Gasteiger partial charge in [0.25, 0.3) is 0 Å². The van der Waals surface area contributed by atoms with Crippen LogP contribution in [-0.2, 0) is 11.3 Å². The second-order valence-corrected chi connectivity index (χ2v) is 7.83. The second kappa shape index (κ2) is 9.78. The standard InChI is InChI=1S/C19H27N5OS.CH4/c1-4-10-24-18(15-8-6-5-7-9-15)22-23-19(24)26-12-16(25)21-17-13(2)11-20-14(17)3;/h4,11,15,20H,1,5-10,12H2,2-3H3,(H,21,25);1H4. The fourth-order valence-corrected chi connectivity index (χ4v) is 4.28. The zero-order valence-electron chi connectivity index (χ0n) is 15.5. The predicted octanol–water partition coefficient (Wildman–Crippen LogP) is 4.82. The third-order valence-electron chi connectivity index (χ3n) is 4.90. The molecule has 3 rings (SSSR count). The molecule has 1 fully saturated rings. The van der Waals surface area contributed by atoms with Crippen LogP contribution < -0.4 is 5.32 Å². The number of carbonyl (C=O) groups excluding carboxylic acids is 1. The topological polar surface area (TPSA) is 75.6 Å². The van der Waals surface area contributed by atoms with E-state index < -0.39 is 0 Å². The van der Waals surface area contributed by atoms with Gasteiger partial charge in [-0.05, 0) is 32.3 Å². The van der Waals surface area contributed by atoms with E-state index in [1.807, 2.05) is 26.1 Å². The number of amides is 1. The number of aromatic amines is 1. The SMILES string of the molecule is C.C=CCn1c(SCC(=O)Nc2c(C)c[nH]c2C)nnc1C1CCCCC1. The van der Waals surface area contributed by atoms with Crippen molar-refractivity contribution in [2.24, 2.45) is 0 Å². The van der Waals surface area contributed by atoms with Crippen LogP contribution in [0, 0.1) is 13.8 Å². The van der Waals surface area contributed by atoms with Crippen LogP contribution in [0.25, 0.3) is 0 Å². The summed E-state index contributed by atoms with van der Waals surface area (Å²) < 4.78 is 2.12. The third-order valence-corrected chi connectivity index (χ3v) is 5.87. The van der Waals surface area contributed by atoms with E-state index in [1.54, 1.807) is 0 Å². The number of rotatable bonds is 7. The fourth-order valence-electron chi connectivity index (χ4n) is 3.52. The molecule has 2 aromatic rings. The first-order valence-electron chi connectivity index (χ1n) is 9.21. The average Bonchev–Trinajstić information content (AvgIpc) is 3.19. The molecule has 2 heterocycles. The van der Waals surface area contributed by atoms with Gasteiger partial charge in [0, 0.05) is 24.4 Å². The van der Waals surface area contributed by atoms with E-state index in [0.717, 1.165) is 27.9 Å². The van der Waals surface area contributed by atoms with E-state index in [-0.39, 0.29) is 13.3 Å². The average molecular weight is 390 g/mol. The molecule has 1 aliphatic carbocycles. The quantitative estimate of drug-likeness (QED) is 0.526. The minimum Gasteiger partial charge on any atom is -0.363 e. The maximum absolute atomic E-state index is 12.3. The summed E-state index contributed by atoms with van der Waals surface area (Å²) in [5.41, 5.74) is 2.87. The van der Waals surface area contributed by atoms with Crippen molar-refractivity contribution in [3.05, 3.63) is 35.9 Å². The number of aryl methyl sites for hydroxylation is 2. The molecule has 1 amide bonds. The largest absolute Gasteiger partial charge is 0.363 e. The molecule has 0 aromatic carbocycles. The summed E-state index contributed by atoms with van der Waals surface area (Å²) in [4.78, 5) is 15.5. The summed E-state index contributed by atoms with van der Waals surface area (Å²) in [6.45, 7) is 8.47. The number of carbonyl (C=O) groups is 1. The van der Waals surface area contributed by atoms with Gasteiger partial charge in [0.05, 0.1) is 11.4 Å². The van der Waals surface area contributed by atoms with Crippen molar-refractivity contribution in [2.75, 3.05) is 11.1 Å². The molecule has 0 radical (unpaired) electrons. The highest BCUT2D eigenvalue weighted by Crippen LogP contribution is 2.33. The Labute approximate surface area is 166 Å². The Morgan fingerprint density at radius 3 is 2.74 bits per heavy atom. The molecule has 0 unspecified atom stereocenters. The van der Waals surface area contributed by atoms with Gasteiger partial charge in [0.1, 0.15) is 5.82 Å². The Morgan fingerprint density at radius 1 is 1.37 bits per heavy atom. The first-order valence-corrected chi connectivity index (χ1v) is 10.2. The van der Waals surface area contributed by atoms with Crippen molar-refractivity contribution in [1.82, 2.24) is 19.7 Å². The Hall–Kier alpha value is -2.02. The minimum absolute atomic E-state index is 0. The van der Waals surface area contributed by atoms with Crippen molar-refractivity contribution < 1.29 is 4.79 Å². The summed E-state index contributed by atoms with van der Waals surface area (Å²) in [5.74, 6) is 1.80. The number of aromatic nitrogens is 4.